The van der Waals surface area contributed by atoms with E-state index in [-0.39, 0.29) is 52.9 Å². The first kappa shape index (κ1) is 22.9. The van der Waals surface area contributed by atoms with Gasteiger partial charge in [-0.2, -0.15) is 0 Å². The van der Waals surface area contributed by atoms with Gasteiger partial charge in [-0.1, -0.05) is 12.5 Å². The summed E-state index contributed by atoms with van der Waals surface area (Å²) in [6.07, 6.45) is 5.10. The molecule has 0 amide bonds. The monoisotopic (exact) mass is 470 g/mol. The first-order valence-electron chi connectivity index (χ1n) is 13.3. The van der Waals surface area contributed by atoms with Gasteiger partial charge in [-0.25, -0.2) is 4.79 Å². The number of ketones is 2. The molecular formula is C28H38O6. The molecule has 6 heteroatoms. The van der Waals surface area contributed by atoms with E-state index in [1.807, 2.05) is 20.8 Å². The second-order valence-electron chi connectivity index (χ2n) is 12.7. The number of Topliss-reactive ketones (excluding diaryl/α,β-unsaturated/α-hetero) is 2. The van der Waals surface area contributed by atoms with Crippen molar-refractivity contribution in [3.63, 3.8) is 0 Å². The van der Waals surface area contributed by atoms with E-state index < -0.39 is 22.5 Å². The van der Waals surface area contributed by atoms with Crippen LogP contribution in [0, 0.1) is 34.5 Å². The number of hydrogen-bond acceptors (Lipinski definition) is 6. The Morgan fingerprint density at radius 1 is 1.00 bits per heavy atom. The van der Waals surface area contributed by atoms with Crippen LogP contribution in [0.4, 0.5) is 0 Å². The number of aliphatic hydroxyl groups is 1. The number of hydrogen-bond donors (Lipinski definition) is 1. The van der Waals surface area contributed by atoms with Gasteiger partial charge in [-0.15, -0.1) is 0 Å². The second-order valence-corrected chi connectivity index (χ2v) is 12.7. The van der Waals surface area contributed by atoms with E-state index in [4.69, 9.17) is 9.47 Å². The van der Waals surface area contributed by atoms with Crippen LogP contribution < -0.4 is 0 Å². The van der Waals surface area contributed by atoms with Gasteiger partial charge in [0.25, 0.3) is 0 Å². The van der Waals surface area contributed by atoms with E-state index in [9.17, 15) is 19.5 Å². The maximum Gasteiger partial charge on any atom is 0.333 e. The summed E-state index contributed by atoms with van der Waals surface area (Å²) in [7, 11) is 0. The molecular weight excluding hydrogens is 432 g/mol. The molecule has 1 saturated heterocycles. The van der Waals surface area contributed by atoms with Gasteiger partial charge in [0.15, 0.2) is 0 Å². The molecule has 4 aliphatic carbocycles. The van der Waals surface area contributed by atoms with E-state index in [2.05, 4.69) is 6.92 Å². The third-order valence-electron chi connectivity index (χ3n) is 12.0. The molecule has 10 unspecified atom stereocenters. The van der Waals surface area contributed by atoms with E-state index in [0.717, 1.165) is 31.3 Å². The van der Waals surface area contributed by atoms with Gasteiger partial charge in [0.05, 0.1) is 22.5 Å². The fourth-order valence-electron chi connectivity index (χ4n) is 9.49. The van der Waals surface area contributed by atoms with Gasteiger partial charge < -0.3 is 14.6 Å². The molecule has 34 heavy (non-hydrogen) atoms. The number of fused-ring (bicyclic) bond motifs is 4. The summed E-state index contributed by atoms with van der Waals surface area (Å²) < 4.78 is 12.1. The fourth-order valence-corrected chi connectivity index (χ4v) is 9.49. The molecule has 0 aromatic heterocycles. The molecule has 0 bridgehead atoms. The first-order chi connectivity index (χ1) is 15.9. The van der Waals surface area contributed by atoms with E-state index in [1.165, 1.54) is 0 Å². The number of epoxide rings is 1. The van der Waals surface area contributed by atoms with Crippen LogP contribution in [0.15, 0.2) is 11.1 Å². The Balaban J connectivity index is 1.35. The van der Waals surface area contributed by atoms with Gasteiger partial charge >= 0.3 is 5.97 Å². The van der Waals surface area contributed by atoms with Crippen molar-refractivity contribution >= 4 is 17.5 Å². The fraction of sp³-hybridized carbons (Fsp3) is 0.821. The molecule has 2 heterocycles. The SMILES string of the molecule is CC1=C(C)C(=O)OC(C(C)C2(O)CCC3C4CC5OC56CCCC(=O)C6(C)C4CC(=O)C32C)C1. The van der Waals surface area contributed by atoms with E-state index >= 15 is 0 Å². The van der Waals surface area contributed by atoms with Crippen LogP contribution in [0.5, 0.6) is 0 Å². The highest BCUT2D eigenvalue weighted by Gasteiger charge is 2.80. The predicted molar refractivity (Wildman–Crippen MR) is 124 cm³/mol. The highest BCUT2D eigenvalue weighted by atomic mass is 16.6. The molecule has 6 nitrogen and oxygen atoms in total. The number of carbonyl (C=O) groups is 3. The lowest BCUT2D eigenvalue weighted by Gasteiger charge is -2.58. The average molecular weight is 471 g/mol. The Bertz CT molecular complexity index is 1030. The van der Waals surface area contributed by atoms with Crippen molar-refractivity contribution in [2.75, 3.05) is 0 Å². The van der Waals surface area contributed by atoms with Crippen molar-refractivity contribution in [1.82, 2.24) is 0 Å². The largest absolute Gasteiger partial charge is 0.458 e. The normalized spacial score (nSPS) is 52.9. The van der Waals surface area contributed by atoms with Gasteiger partial charge in [0.2, 0.25) is 0 Å². The molecule has 5 fully saturated rings. The molecule has 6 rings (SSSR count). The minimum absolute atomic E-state index is 0.0115. The Morgan fingerprint density at radius 3 is 2.44 bits per heavy atom. The zero-order chi connectivity index (χ0) is 24.4. The van der Waals surface area contributed by atoms with Gasteiger partial charge in [-0.05, 0) is 77.6 Å². The van der Waals surface area contributed by atoms with Crippen LogP contribution in [-0.4, -0.2) is 46.1 Å². The van der Waals surface area contributed by atoms with Crippen LogP contribution in [0.3, 0.4) is 0 Å². The summed E-state index contributed by atoms with van der Waals surface area (Å²) in [5, 5.41) is 12.3. The highest BCUT2D eigenvalue weighted by molar-refractivity contribution is 5.92. The summed E-state index contributed by atoms with van der Waals surface area (Å²) >= 11 is 0. The number of ether oxygens (including phenoxy) is 2. The van der Waals surface area contributed by atoms with Crippen molar-refractivity contribution in [2.45, 2.75) is 109 Å². The Hall–Kier alpha value is -1.53. The molecule has 4 saturated carbocycles. The van der Waals surface area contributed by atoms with Crippen molar-refractivity contribution in [3.05, 3.63) is 11.1 Å². The lowest BCUT2D eigenvalue weighted by Crippen LogP contribution is -2.66. The number of rotatable bonds is 2. The van der Waals surface area contributed by atoms with Crippen molar-refractivity contribution in [3.8, 4) is 0 Å². The molecule has 1 spiro atoms. The Morgan fingerprint density at radius 2 is 1.74 bits per heavy atom. The van der Waals surface area contributed by atoms with Crippen molar-refractivity contribution in [2.24, 2.45) is 34.5 Å². The molecule has 6 aliphatic rings. The maximum atomic E-state index is 14.0. The van der Waals surface area contributed by atoms with Crippen LogP contribution >= 0.6 is 0 Å². The molecule has 0 aromatic carbocycles. The van der Waals surface area contributed by atoms with Crippen LogP contribution in [0.1, 0.15) is 86.0 Å². The van der Waals surface area contributed by atoms with Gasteiger partial charge in [0, 0.05) is 30.8 Å². The maximum absolute atomic E-state index is 14.0. The lowest BCUT2D eigenvalue weighted by atomic mass is 9.43. The summed E-state index contributed by atoms with van der Waals surface area (Å²) in [5.74, 6) is -0.153. The highest BCUT2D eigenvalue weighted by Crippen LogP contribution is 2.73. The standard InChI is InChI=1S/C28H38O6/c1-14-11-20(33-24(31)15(14)2)16(3)27(32)10-8-18-17-12-23-28(34-23)9-6-7-21(29)26(28,5)19(17)13-22(30)25(18,27)4/h16-20,23,32H,6-13H2,1-5H3. The summed E-state index contributed by atoms with van der Waals surface area (Å²) in [6.45, 7) is 9.70. The van der Waals surface area contributed by atoms with E-state index in [1.54, 1.807) is 6.92 Å². The van der Waals surface area contributed by atoms with E-state index in [0.29, 0.717) is 31.3 Å². The zero-order valence-corrected chi connectivity index (χ0v) is 21.1. The molecule has 1 N–H and O–H groups in total. The van der Waals surface area contributed by atoms with Crippen molar-refractivity contribution < 1.29 is 29.0 Å². The predicted octanol–water partition coefficient (Wildman–Crippen LogP) is 3.93. The number of carbonyl (C=O) groups excluding carboxylic acids is 3. The summed E-state index contributed by atoms with van der Waals surface area (Å²) in [6, 6.07) is 0. The molecule has 0 aromatic rings. The lowest BCUT2D eigenvalue weighted by molar-refractivity contribution is -0.190. The molecule has 2 aliphatic heterocycles. The van der Waals surface area contributed by atoms with Gasteiger partial charge in [-0.3, -0.25) is 9.59 Å². The van der Waals surface area contributed by atoms with Gasteiger partial charge in [0.1, 0.15) is 23.3 Å². The third kappa shape index (κ3) is 2.42. The minimum Gasteiger partial charge on any atom is -0.458 e. The van der Waals surface area contributed by atoms with Crippen LogP contribution in [-0.2, 0) is 23.9 Å². The van der Waals surface area contributed by atoms with Crippen LogP contribution in [0.25, 0.3) is 0 Å². The zero-order valence-electron chi connectivity index (χ0n) is 21.1. The Labute approximate surface area is 201 Å². The van der Waals surface area contributed by atoms with Crippen LogP contribution in [0.2, 0.25) is 0 Å². The minimum atomic E-state index is -1.24. The number of cyclic esters (lactones) is 1. The summed E-state index contributed by atoms with van der Waals surface area (Å²) in [5.41, 5.74) is -1.48. The molecule has 186 valence electrons. The first-order valence-corrected chi connectivity index (χ1v) is 13.3. The molecule has 10 atom stereocenters. The average Bonchev–Trinajstić information content (AvgIpc) is 3.42. The quantitative estimate of drug-likeness (QED) is 0.486. The summed E-state index contributed by atoms with van der Waals surface area (Å²) in [4.78, 5) is 39.8. The second kappa shape index (κ2) is 6.82. The third-order valence-corrected chi connectivity index (χ3v) is 12.0. The number of esters is 1. The molecule has 0 radical (unpaired) electrons. The topological polar surface area (TPSA) is 93.2 Å². The van der Waals surface area contributed by atoms with Crippen molar-refractivity contribution in [1.29, 1.82) is 0 Å². The Kier molecular flexibility index (Phi) is 4.59. The smallest absolute Gasteiger partial charge is 0.333 e.